The number of hydrogen-bond acceptors (Lipinski definition) is 3. The molecular formula is C17H17Cl2N3O3. The van der Waals surface area contributed by atoms with E-state index in [1.54, 1.807) is 32.2 Å². The molecule has 0 spiro atoms. The zero-order valence-corrected chi connectivity index (χ0v) is 15.3. The summed E-state index contributed by atoms with van der Waals surface area (Å²) in [5, 5.41) is 3.22. The van der Waals surface area contributed by atoms with Crippen molar-refractivity contribution in [3.05, 3.63) is 62.5 Å². The number of aryl methyl sites for hydroxylation is 1. The van der Waals surface area contributed by atoms with Gasteiger partial charge in [0.05, 0.1) is 15.7 Å². The van der Waals surface area contributed by atoms with Crippen LogP contribution in [0.3, 0.4) is 0 Å². The molecule has 0 aliphatic carbocycles. The topological polar surface area (TPSA) is 71.4 Å². The van der Waals surface area contributed by atoms with E-state index in [2.05, 4.69) is 5.32 Å². The van der Waals surface area contributed by atoms with Crippen molar-refractivity contribution in [1.29, 1.82) is 0 Å². The Balaban J connectivity index is 2.13. The third kappa shape index (κ3) is 4.61. The Morgan fingerprint density at radius 2 is 1.84 bits per heavy atom. The Kier molecular flexibility index (Phi) is 6.22. The minimum atomic E-state index is -0.436. The van der Waals surface area contributed by atoms with Crippen LogP contribution >= 0.6 is 23.2 Å². The lowest BCUT2D eigenvalue weighted by Crippen LogP contribution is -2.38. The highest BCUT2D eigenvalue weighted by Gasteiger charge is 2.19. The van der Waals surface area contributed by atoms with Gasteiger partial charge in [0.1, 0.15) is 6.54 Å². The maximum atomic E-state index is 12.5. The van der Waals surface area contributed by atoms with Crippen LogP contribution in [-0.2, 0) is 11.8 Å². The van der Waals surface area contributed by atoms with Crippen LogP contribution < -0.4 is 10.9 Å². The van der Waals surface area contributed by atoms with E-state index < -0.39 is 11.8 Å². The molecule has 6 nitrogen and oxygen atoms in total. The summed E-state index contributed by atoms with van der Waals surface area (Å²) in [6.07, 6.45) is 1.51. The molecule has 1 N–H and O–H groups in total. The summed E-state index contributed by atoms with van der Waals surface area (Å²) in [5.74, 6) is -0.838. The molecule has 0 unspecified atom stereocenters. The highest BCUT2D eigenvalue weighted by molar-refractivity contribution is 6.39. The summed E-state index contributed by atoms with van der Waals surface area (Å²) in [5.41, 5.74) is 0.232. The number of nitrogens with one attached hydrogen (secondary N) is 1. The lowest BCUT2D eigenvalue weighted by Gasteiger charge is -2.21. The number of aromatic nitrogens is 1. The van der Waals surface area contributed by atoms with Gasteiger partial charge in [0, 0.05) is 31.4 Å². The van der Waals surface area contributed by atoms with Crippen LogP contribution in [0.15, 0.2) is 41.3 Å². The molecule has 1 aromatic heterocycles. The van der Waals surface area contributed by atoms with Gasteiger partial charge in [-0.2, -0.15) is 0 Å². The number of rotatable bonds is 5. The second-order valence-electron chi connectivity index (χ2n) is 5.33. The monoisotopic (exact) mass is 381 g/mol. The van der Waals surface area contributed by atoms with Gasteiger partial charge in [-0.15, -0.1) is 0 Å². The third-order valence-electron chi connectivity index (χ3n) is 3.58. The predicted octanol–water partition coefficient (Wildman–Crippen LogP) is 2.79. The van der Waals surface area contributed by atoms with E-state index in [1.165, 1.54) is 27.8 Å². The Bertz CT molecular complexity index is 844. The number of halogens is 2. The van der Waals surface area contributed by atoms with E-state index in [0.29, 0.717) is 22.3 Å². The van der Waals surface area contributed by atoms with Crippen LogP contribution in [-0.4, -0.2) is 34.4 Å². The second-order valence-corrected chi connectivity index (χ2v) is 6.14. The molecule has 0 radical (unpaired) electrons. The zero-order valence-electron chi connectivity index (χ0n) is 13.8. The maximum absolute atomic E-state index is 12.5. The van der Waals surface area contributed by atoms with Gasteiger partial charge in [-0.25, -0.2) is 0 Å². The van der Waals surface area contributed by atoms with Crippen LogP contribution in [0.5, 0.6) is 0 Å². The highest BCUT2D eigenvalue weighted by atomic mass is 35.5. The highest BCUT2D eigenvalue weighted by Crippen LogP contribution is 2.29. The van der Waals surface area contributed by atoms with Crippen molar-refractivity contribution in [1.82, 2.24) is 9.47 Å². The number of carbonyl (C=O) groups is 2. The zero-order chi connectivity index (χ0) is 18.6. The maximum Gasteiger partial charge on any atom is 0.254 e. The minimum Gasteiger partial charge on any atom is -0.330 e. The van der Waals surface area contributed by atoms with E-state index in [9.17, 15) is 14.4 Å². The van der Waals surface area contributed by atoms with Crippen molar-refractivity contribution in [2.45, 2.75) is 6.92 Å². The predicted molar refractivity (Wildman–Crippen MR) is 98.4 cm³/mol. The van der Waals surface area contributed by atoms with Crippen molar-refractivity contribution < 1.29 is 9.59 Å². The fourth-order valence-electron chi connectivity index (χ4n) is 2.16. The number of benzene rings is 1. The lowest BCUT2D eigenvalue weighted by molar-refractivity contribution is -0.116. The molecule has 0 atom stereocenters. The molecule has 8 heteroatoms. The molecule has 0 aliphatic rings. The van der Waals surface area contributed by atoms with E-state index in [-0.39, 0.29) is 17.7 Å². The van der Waals surface area contributed by atoms with Crippen molar-refractivity contribution in [3.63, 3.8) is 0 Å². The molecular weight excluding hydrogens is 365 g/mol. The number of carbonyl (C=O) groups excluding carboxylic acids is 2. The van der Waals surface area contributed by atoms with Gasteiger partial charge in [0.15, 0.2) is 0 Å². The van der Waals surface area contributed by atoms with E-state index in [1.807, 2.05) is 0 Å². The van der Waals surface area contributed by atoms with Crippen molar-refractivity contribution in [3.8, 4) is 0 Å². The molecule has 132 valence electrons. The van der Waals surface area contributed by atoms with Crippen molar-refractivity contribution in [2.75, 3.05) is 18.4 Å². The standard InChI is InChI=1S/C17H17Cl2N3O3/c1-3-22(17(25)11-7-8-21(2)15(24)9-11)10-14(23)20-16-12(18)5-4-6-13(16)19/h4-9H,3,10H2,1-2H3,(H,20,23). The van der Waals surface area contributed by atoms with Crippen LogP contribution in [0.2, 0.25) is 10.0 Å². The fourth-order valence-corrected chi connectivity index (χ4v) is 2.65. The summed E-state index contributed by atoms with van der Waals surface area (Å²) in [6, 6.07) is 7.65. The van der Waals surface area contributed by atoms with E-state index >= 15 is 0 Å². The van der Waals surface area contributed by atoms with Gasteiger partial charge in [0.25, 0.3) is 11.5 Å². The van der Waals surface area contributed by atoms with Gasteiger partial charge >= 0.3 is 0 Å². The van der Waals surface area contributed by atoms with Gasteiger partial charge < -0.3 is 14.8 Å². The average Bonchev–Trinajstić information content (AvgIpc) is 2.58. The number of pyridine rings is 1. The van der Waals surface area contributed by atoms with Gasteiger partial charge in [0.2, 0.25) is 5.91 Å². The molecule has 0 aliphatic heterocycles. The summed E-state index contributed by atoms with van der Waals surface area (Å²) >= 11 is 12.0. The first-order valence-electron chi connectivity index (χ1n) is 7.53. The quantitative estimate of drug-likeness (QED) is 0.865. The number of anilines is 1. The molecule has 0 bridgehead atoms. The number of hydrogen-bond donors (Lipinski definition) is 1. The number of amides is 2. The largest absolute Gasteiger partial charge is 0.330 e. The Hall–Kier alpha value is -2.31. The smallest absolute Gasteiger partial charge is 0.254 e. The number of likely N-dealkylation sites (N-methyl/N-ethyl adjacent to an activating group) is 1. The van der Waals surface area contributed by atoms with Crippen LogP contribution in [0.1, 0.15) is 17.3 Å². The second kappa shape index (κ2) is 8.18. The average molecular weight is 382 g/mol. The first-order chi connectivity index (χ1) is 11.8. The van der Waals surface area contributed by atoms with Crippen LogP contribution in [0.25, 0.3) is 0 Å². The molecule has 1 aromatic carbocycles. The minimum absolute atomic E-state index is 0.188. The summed E-state index contributed by atoms with van der Waals surface area (Å²) in [7, 11) is 1.59. The first-order valence-corrected chi connectivity index (χ1v) is 8.29. The SMILES string of the molecule is CCN(CC(=O)Nc1c(Cl)cccc1Cl)C(=O)c1ccn(C)c(=O)c1. The molecule has 25 heavy (non-hydrogen) atoms. The number of para-hydroxylation sites is 1. The van der Waals surface area contributed by atoms with Gasteiger partial charge in [-0.05, 0) is 25.1 Å². The molecule has 2 aromatic rings. The molecule has 0 saturated heterocycles. The molecule has 0 fully saturated rings. The van der Waals surface area contributed by atoms with Gasteiger partial charge in [-0.1, -0.05) is 29.3 Å². The normalized spacial score (nSPS) is 10.4. The first kappa shape index (κ1) is 19.0. The molecule has 2 rings (SSSR count). The number of nitrogens with zero attached hydrogens (tertiary/aromatic N) is 2. The summed E-state index contributed by atoms with van der Waals surface area (Å²) in [6.45, 7) is 1.86. The Morgan fingerprint density at radius 1 is 1.20 bits per heavy atom. The van der Waals surface area contributed by atoms with Crippen LogP contribution in [0, 0.1) is 0 Å². The van der Waals surface area contributed by atoms with Crippen molar-refractivity contribution >= 4 is 40.7 Å². The Morgan fingerprint density at radius 3 is 2.40 bits per heavy atom. The van der Waals surface area contributed by atoms with Gasteiger partial charge in [-0.3, -0.25) is 14.4 Å². The molecule has 2 amide bonds. The van der Waals surface area contributed by atoms with Crippen LogP contribution in [0.4, 0.5) is 5.69 Å². The Labute approximate surface area is 155 Å². The van der Waals surface area contributed by atoms with E-state index in [0.717, 1.165) is 0 Å². The van der Waals surface area contributed by atoms with Crippen molar-refractivity contribution in [2.24, 2.45) is 7.05 Å². The third-order valence-corrected chi connectivity index (χ3v) is 4.21. The van der Waals surface area contributed by atoms with E-state index in [4.69, 9.17) is 23.2 Å². The fraction of sp³-hybridized carbons (Fsp3) is 0.235. The summed E-state index contributed by atoms with van der Waals surface area (Å²) < 4.78 is 1.36. The molecule has 0 saturated carbocycles. The lowest BCUT2D eigenvalue weighted by atomic mass is 10.2. The summed E-state index contributed by atoms with van der Waals surface area (Å²) in [4.78, 5) is 37.8. The molecule has 1 heterocycles.